The quantitative estimate of drug-likeness (QED) is 0.300. The second-order valence-corrected chi connectivity index (χ2v) is 18.1. The molecule has 0 aromatic rings. The second-order valence-electron chi connectivity index (χ2n) is 17.1. The van der Waals surface area contributed by atoms with Crippen LogP contribution in [0, 0.1) is 629 Å². The maximum atomic E-state index is 10.9. The topological polar surface area (TPSA) is 71.5 Å². The average Bonchev–Trinajstić information content (AvgIpc) is 1.74. The summed E-state index contributed by atoms with van der Waals surface area (Å²) >= 11 is 1.71. The van der Waals surface area contributed by atoms with Crippen molar-refractivity contribution >= 4 is 35.1 Å². The van der Waals surface area contributed by atoms with E-state index in [1.54, 1.807) is 18.7 Å². The van der Waals surface area contributed by atoms with Crippen LogP contribution in [-0.2, 0) is 19.2 Å². The van der Waals surface area contributed by atoms with Gasteiger partial charge in [-0.15, -0.1) is 12.8 Å². The number of hydrogen-bond donors (Lipinski definition) is 0. The maximum Gasteiger partial charge on any atom is 0.253 e. The van der Waals surface area contributed by atoms with Gasteiger partial charge in [0, 0.05) is 553 Å². The summed E-state index contributed by atoms with van der Waals surface area (Å²) in [5.74, 6) is 259. The van der Waals surface area contributed by atoms with Crippen molar-refractivity contribution in [2.45, 2.75) is 26.7 Å². The van der Waals surface area contributed by atoms with Crippen LogP contribution >= 0.6 is 11.8 Å². The Balaban J connectivity index is 0. The van der Waals surface area contributed by atoms with E-state index in [1.165, 1.54) is 19.1 Å². The average molecular weight is 1560 g/mol. The number of carbonyl (C=O) groups is 4. The van der Waals surface area contributed by atoms with Crippen molar-refractivity contribution in [3.63, 3.8) is 0 Å². The van der Waals surface area contributed by atoms with Crippen molar-refractivity contribution in [2.24, 2.45) is 0 Å². The summed E-state index contributed by atoms with van der Waals surface area (Å²) in [4.78, 5) is 43.6. The van der Waals surface area contributed by atoms with Gasteiger partial charge in [0.2, 0.25) is 0 Å². The molecule has 532 valence electrons. The molecule has 0 fully saturated rings. The molecule has 0 saturated carbocycles. The van der Waals surface area contributed by atoms with Crippen LogP contribution in [0.1, 0.15) is 26.7 Å². The Hall–Kier alpha value is -24.7. The molecule has 6 heteroatoms. The molecule has 0 unspecified atom stereocenters. The number of carbonyl (C=O) groups excluding carboxylic acids is 4. The van der Waals surface area contributed by atoms with E-state index in [2.05, 4.69) is 616 Å². The van der Waals surface area contributed by atoms with Gasteiger partial charge in [-0.2, -0.15) is 11.8 Å². The Labute approximate surface area is 740 Å². The highest BCUT2D eigenvalue weighted by molar-refractivity contribution is 7.98. The van der Waals surface area contributed by atoms with Crippen molar-refractivity contribution in [1.82, 2.24) is 4.90 Å². The van der Waals surface area contributed by atoms with E-state index in [-0.39, 0.29) is 36.3 Å². The zero-order chi connectivity index (χ0) is 90.4. The Kier molecular flexibility index (Phi) is 76.5. The molecule has 1 aliphatic rings. The van der Waals surface area contributed by atoms with E-state index >= 15 is 0 Å². The molecule has 0 aromatic carbocycles. The van der Waals surface area contributed by atoms with Gasteiger partial charge in [0.05, 0.1) is 0 Å². The molecule has 1 heterocycles. The number of rotatable bonds is 6. The number of terminal acetylenes is 2. The molecule has 0 N–H and O–H groups in total. The van der Waals surface area contributed by atoms with Crippen LogP contribution < -0.4 is 0 Å². The van der Waals surface area contributed by atoms with E-state index in [0.29, 0.717) is 0 Å². The second kappa shape index (κ2) is 93.5. The Morgan fingerprint density at radius 3 is 0.368 bits per heavy atom. The Morgan fingerprint density at radius 2 is 0.296 bits per heavy atom. The standard InChI is InChI=1S/C106H2.C8H9NO3.C5H10OS/c1-3-5-7-9-11-13-15-17-19-21-23-25-27-29-31-33-35-37-39-41-43-45-47-49-51-53-55-57-59-61-63-65-67-69-71-73-75-77-79-81-83-85-87-89-91-93-95-97-99-101-103-105-106-104-102-100-98-96-94-92-90-88-86-84-82-80-78-76-74-72-70-68-66-64-62-60-58-56-54-52-50-48-46-44-42-40-38-36-34-32-30-28-26-24-22-20-18-16-14-12-10-8-6-4-2;1-6(10)4-5-9-7(11)2-3-8(9)12;1-5(6)3-4-7-2/h1-2H;2-3H,4-5H2,1H3;3-4H2,1-2H3. The van der Waals surface area contributed by atoms with Crippen LogP contribution in [0.3, 0.4) is 0 Å². The fourth-order valence-corrected chi connectivity index (χ4v) is 4.86. The molecule has 5 nitrogen and oxygen atoms in total. The number of amides is 2. The molecule has 0 bridgehead atoms. The largest absolute Gasteiger partial charge is 0.300 e. The lowest BCUT2D eigenvalue weighted by molar-refractivity contribution is -0.137. The molecule has 0 radical (unpaired) electrons. The number of imide groups is 1. The van der Waals surface area contributed by atoms with Gasteiger partial charge in [-0.05, 0) is 121 Å². The van der Waals surface area contributed by atoms with Gasteiger partial charge in [0.15, 0.2) is 0 Å². The first-order valence-electron chi connectivity index (χ1n) is 32.2. The minimum absolute atomic E-state index is 0.0255. The molecular weight excluding hydrogens is 1540 g/mol. The molecule has 0 spiro atoms. The third-order valence-corrected chi connectivity index (χ3v) is 9.32. The van der Waals surface area contributed by atoms with Gasteiger partial charge >= 0.3 is 0 Å². The third kappa shape index (κ3) is 93.4. The van der Waals surface area contributed by atoms with Crippen LogP contribution in [0.4, 0.5) is 0 Å². The minimum atomic E-state index is -0.332. The molecule has 2 amide bonds. The van der Waals surface area contributed by atoms with Crippen LogP contribution in [0.25, 0.3) is 0 Å². The fourth-order valence-electron chi connectivity index (χ4n) is 4.36. The molecule has 1 aliphatic heterocycles. The van der Waals surface area contributed by atoms with Crippen LogP contribution in [-0.4, -0.2) is 46.8 Å². The van der Waals surface area contributed by atoms with Crippen LogP contribution in [0.15, 0.2) is 12.2 Å². The zero-order valence-corrected chi connectivity index (χ0v) is 65.4. The molecular formula is C119H21NO4S. The maximum absolute atomic E-state index is 10.9. The van der Waals surface area contributed by atoms with Gasteiger partial charge < -0.3 is 0 Å². The van der Waals surface area contributed by atoms with Gasteiger partial charge in [0.25, 0.3) is 11.8 Å². The summed E-state index contributed by atoms with van der Waals surface area (Å²) in [6.45, 7) is 3.24. The van der Waals surface area contributed by atoms with E-state index in [0.717, 1.165) is 17.1 Å². The van der Waals surface area contributed by atoms with Crippen LogP contribution in [0.5, 0.6) is 0 Å². The third-order valence-electron chi connectivity index (χ3n) is 8.70. The van der Waals surface area contributed by atoms with Gasteiger partial charge in [0.1, 0.15) is 11.6 Å². The monoisotopic (exact) mass is 1560 g/mol. The van der Waals surface area contributed by atoms with Crippen molar-refractivity contribution in [2.75, 3.05) is 18.6 Å². The number of thioether (sulfide) groups is 1. The molecule has 0 saturated heterocycles. The molecule has 0 atom stereocenters. The summed E-state index contributed by atoms with van der Waals surface area (Å²) in [5.41, 5.74) is 0. The predicted molar refractivity (Wildman–Crippen MR) is 489 cm³/mol. The van der Waals surface area contributed by atoms with Gasteiger partial charge in [-0.3, -0.25) is 24.1 Å². The zero-order valence-electron chi connectivity index (χ0n) is 64.6. The summed E-state index contributed by atoms with van der Waals surface area (Å²) in [7, 11) is 0. The SMILES string of the molecule is C#CC#CC#CC#CC#CC#CC#CC#CC#CC#CC#CC#CC#CC#CC#CC#CC#CC#CC#CC#CC#CC#CC#CC#CC#CC#CC#CC#CC#CC#CC#CC#CC#CC#CC#CC#CC#CC#CC#CC#CC#CC#CC#CC#CC#CC#CC#CC#CC#CC#CC#CC#CC#C.CC(=O)CCN1C(=O)C=CC1=O.CSCCC(C)=O. The van der Waals surface area contributed by atoms with Crippen LogP contribution in [0.2, 0.25) is 0 Å². The molecule has 1 rings (SSSR count). The Bertz CT molecular complexity index is 7890. The Morgan fingerprint density at radius 1 is 0.200 bits per heavy atom. The number of nitrogens with zero attached hydrogens (tertiary/aromatic N) is 1. The summed E-state index contributed by atoms with van der Waals surface area (Å²) in [5, 5.41) is 0. The lowest BCUT2D eigenvalue weighted by atomic mass is 10.3. The highest BCUT2D eigenvalue weighted by atomic mass is 32.2. The van der Waals surface area contributed by atoms with Crippen molar-refractivity contribution < 1.29 is 19.2 Å². The van der Waals surface area contributed by atoms with E-state index in [4.69, 9.17) is 12.8 Å². The highest BCUT2D eigenvalue weighted by Crippen LogP contribution is 2.04. The van der Waals surface area contributed by atoms with E-state index in [1.807, 2.05) is 6.26 Å². The first-order valence-corrected chi connectivity index (χ1v) is 33.6. The summed E-state index contributed by atoms with van der Waals surface area (Å²) in [6.07, 6.45) is 15.3. The van der Waals surface area contributed by atoms with Gasteiger partial charge in [-0.25, -0.2) is 0 Å². The number of hydrogen-bond acceptors (Lipinski definition) is 5. The lowest BCUT2D eigenvalue weighted by Gasteiger charge is -2.11. The number of ketones is 2. The predicted octanol–water partition coefficient (Wildman–Crippen LogP) is 1.65. The normalized spacial score (nSPS) is 5.37. The van der Waals surface area contributed by atoms with E-state index in [9.17, 15) is 19.2 Å². The van der Waals surface area contributed by atoms with Crippen molar-refractivity contribution in [1.29, 1.82) is 0 Å². The smallest absolute Gasteiger partial charge is 0.253 e. The lowest BCUT2D eigenvalue weighted by Crippen LogP contribution is -2.31. The van der Waals surface area contributed by atoms with E-state index < -0.39 is 0 Å². The molecule has 0 aromatic heterocycles. The summed E-state index contributed by atoms with van der Waals surface area (Å²) in [6, 6.07) is 0. The van der Waals surface area contributed by atoms with Gasteiger partial charge in [-0.1, -0.05) is 0 Å². The highest BCUT2D eigenvalue weighted by Gasteiger charge is 2.22. The first kappa shape index (κ1) is 102. The molecule has 125 heavy (non-hydrogen) atoms. The van der Waals surface area contributed by atoms with Crippen molar-refractivity contribution in [3.8, 4) is 629 Å². The summed E-state index contributed by atoms with van der Waals surface area (Å²) < 4.78 is 0. The fraction of sp³-hybridized carbons (Fsp3) is 0.0588. The molecule has 0 aliphatic carbocycles. The first-order chi connectivity index (χ1) is 61.8. The minimum Gasteiger partial charge on any atom is -0.300 e. The van der Waals surface area contributed by atoms with Crippen molar-refractivity contribution in [3.05, 3.63) is 12.2 Å². The number of Topliss-reactive ketones (excluding diaryl/α,β-unsaturated/α-hetero) is 2.